The Morgan fingerprint density at radius 3 is 0.846 bits per heavy atom. The van der Waals surface area contributed by atoms with Gasteiger partial charge in [-0.25, -0.2) is 24.3 Å². The van der Waals surface area contributed by atoms with Crippen molar-refractivity contribution in [2.45, 2.75) is 0 Å². The van der Waals surface area contributed by atoms with Crippen molar-refractivity contribution in [1.82, 2.24) is 0 Å². The summed E-state index contributed by atoms with van der Waals surface area (Å²) >= 11 is 0. The molecule has 2 rings (SSSR count). The van der Waals surface area contributed by atoms with E-state index in [0.29, 0.717) is 0 Å². The van der Waals surface area contributed by atoms with Gasteiger partial charge in [-0.15, -0.1) is 0 Å². The van der Waals surface area contributed by atoms with Crippen molar-refractivity contribution in [3.63, 3.8) is 0 Å². The average molecular weight is 243 g/mol. The van der Waals surface area contributed by atoms with E-state index < -0.39 is 0 Å². The number of hydrogen-bond donors (Lipinski definition) is 0. The molecule has 2 aromatic rings. The van der Waals surface area contributed by atoms with E-state index in [1.807, 2.05) is 60.7 Å². The molecule has 0 N–H and O–H groups in total. The summed E-state index contributed by atoms with van der Waals surface area (Å²) in [4.78, 5) is 0. The molecule has 0 aliphatic rings. The van der Waals surface area contributed by atoms with Crippen LogP contribution in [0.4, 0.5) is 0 Å². The van der Waals surface area contributed by atoms with Crippen LogP contribution in [0.1, 0.15) is 0 Å². The fraction of sp³-hybridized carbons (Fsp3) is 0. The summed E-state index contributed by atoms with van der Waals surface area (Å²) in [6.07, 6.45) is 0. The molecular weight excluding hydrogens is 233 g/mol. The topological polar surface area (TPSA) is 0 Å². The average Bonchev–Trinajstić information content (AvgIpc) is 2.67. The van der Waals surface area contributed by atoms with Gasteiger partial charge in [0.15, 0.2) is 0 Å². The minimum Gasteiger partial charge on any atom is -1.00 e. The first-order valence-corrected chi connectivity index (χ1v) is 3.33. The van der Waals surface area contributed by atoms with E-state index in [-0.39, 0.29) is 43.0 Å². The Morgan fingerprint density at radius 2 is 0.769 bits per heavy atom. The first kappa shape index (κ1) is 18.5. The van der Waals surface area contributed by atoms with Crippen LogP contribution in [0.5, 0.6) is 0 Å². The predicted octanol–water partition coefficient (Wildman–Crippen LogP) is 2.05. The van der Waals surface area contributed by atoms with Gasteiger partial charge in [0.25, 0.3) is 0 Å². The van der Waals surface area contributed by atoms with Crippen LogP contribution in [0, 0.1) is 0 Å². The molecule has 0 saturated heterocycles. The van der Waals surface area contributed by atoms with Crippen molar-refractivity contribution >= 4 is 16.8 Å². The predicted molar refractivity (Wildman–Crippen MR) is 55.6 cm³/mol. The van der Waals surface area contributed by atoms with Crippen molar-refractivity contribution in [2.75, 3.05) is 0 Å². The molecule has 0 aliphatic heterocycles. The molecule has 0 nitrogen and oxygen atoms in total. The van der Waals surface area contributed by atoms with E-state index >= 15 is 0 Å². The molecular formula is C10H10B2Zr. The zero-order valence-electron chi connectivity index (χ0n) is 7.43. The minimum atomic E-state index is 0. The standard InChI is InChI=1S/2C5H5.2B.Zr/c2*1-2-4-5-3-1;;;/h2*1-5H;;;/q4*-1;+4. The van der Waals surface area contributed by atoms with E-state index in [0.717, 1.165) is 0 Å². The Bertz CT molecular complexity index is 152. The SMILES string of the molecule is [B-].[B-].[Zr+4].c1cc[cH-]c1.c1cc[cH-]c1. The van der Waals surface area contributed by atoms with Crippen LogP contribution in [-0.2, 0) is 26.2 Å². The second-order valence-electron chi connectivity index (χ2n) is 1.92. The maximum atomic E-state index is 2.00. The van der Waals surface area contributed by atoms with Gasteiger partial charge in [-0.3, -0.25) is 0 Å². The van der Waals surface area contributed by atoms with Gasteiger partial charge in [-0.1, -0.05) is 0 Å². The summed E-state index contributed by atoms with van der Waals surface area (Å²) in [6.45, 7) is 0. The second kappa shape index (κ2) is 14.2. The van der Waals surface area contributed by atoms with Crippen molar-refractivity contribution < 1.29 is 26.2 Å². The summed E-state index contributed by atoms with van der Waals surface area (Å²) in [6, 6.07) is 20.0. The van der Waals surface area contributed by atoms with Crippen molar-refractivity contribution in [3.05, 3.63) is 60.7 Å². The van der Waals surface area contributed by atoms with Crippen LogP contribution in [0.2, 0.25) is 0 Å². The van der Waals surface area contributed by atoms with Crippen molar-refractivity contribution in [1.29, 1.82) is 0 Å². The van der Waals surface area contributed by atoms with Crippen LogP contribution in [0.25, 0.3) is 0 Å². The molecule has 0 aliphatic carbocycles. The molecule has 60 valence electrons. The smallest absolute Gasteiger partial charge is 1.00 e. The summed E-state index contributed by atoms with van der Waals surface area (Å²) in [5, 5.41) is 0. The molecule has 0 atom stereocenters. The monoisotopic (exact) mass is 242 g/mol. The van der Waals surface area contributed by atoms with Gasteiger partial charge in [-0.05, 0) is 0 Å². The van der Waals surface area contributed by atoms with Gasteiger partial charge < -0.3 is 16.8 Å². The molecule has 0 unspecified atom stereocenters. The van der Waals surface area contributed by atoms with Crippen LogP contribution >= 0.6 is 0 Å². The van der Waals surface area contributed by atoms with Crippen molar-refractivity contribution in [3.8, 4) is 0 Å². The summed E-state index contributed by atoms with van der Waals surface area (Å²) < 4.78 is 0. The molecule has 3 heteroatoms. The molecule has 2 aromatic carbocycles. The Hall–Kier alpha value is -0.287. The van der Waals surface area contributed by atoms with E-state index in [2.05, 4.69) is 0 Å². The largest absolute Gasteiger partial charge is 4.00 e. The van der Waals surface area contributed by atoms with E-state index in [4.69, 9.17) is 0 Å². The number of hydrogen-bond acceptors (Lipinski definition) is 0. The molecule has 13 heavy (non-hydrogen) atoms. The second-order valence-corrected chi connectivity index (χ2v) is 1.92. The third kappa shape index (κ3) is 11.7. The molecule has 0 bridgehead atoms. The number of rotatable bonds is 0. The molecule has 0 saturated carbocycles. The third-order valence-corrected chi connectivity index (χ3v) is 1.11. The molecule has 0 spiro atoms. The van der Waals surface area contributed by atoms with Gasteiger partial charge in [0.2, 0.25) is 0 Å². The van der Waals surface area contributed by atoms with Gasteiger partial charge in [0, 0.05) is 0 Å². The van der Waals surface area contributed by atoms with E-state index in [1.165, 1.54) is 0 Å². The first-order valence-electron chi connectivity index (χ1n) is 3.33. The summed E-state index contributed by atoms with van der Waals surface area (Å²) in [5.74, 6) is 0. The normalized spacial score (nSPS) is 6.15. The molecule has 0 heterocycles. The Balaban J connectivity index is -0.000000125. The molecule has 0 fully saturated rings. The van der Waals surface area contributed by atoms with E-state index in [9.17, 15) is 0 Å². The van der Waals surface area contributed by atoms with Crippen LogP contribution < -0.4 is 0 Å². The summed E-state index contributed by atoms with van der Waals surface area (Å²) in [7, 11) is 0. The zero-order valence-corrected chi connectivity index (χ0v) is 9.89. The van der Waals surface area contributed by atoms with Gasteiger partial charge in [-0.2, -0.15) is 36.4 Å². The Kier molecular flexibility index (Phi) is 20.3. The van der Waals surface area contributed by atoms with Crippen molar-refractivity contribution in [2.24, 2.45) is 0 Å². The fourth-order valence-electron chi connectivity index (χ4n) is 0.642. The van der Waals surface area contributed by atoms with Crippen LogP contribution in [0.15, 0.2) is 60.7 Å². The van der Waals surface area contributed by atoms with Gasteiger partial charge >= 0.3 is 26.2 Å². The Labute approximate surface area is 103 Å². The maximum absolute atomic E-state index is 2.00. The molecule has 0 amide bonds. The van der Waals surface area contributed by atoms with Gasteiger partial charge in [0.05, 0.1) is 0 Å². The van der Waals surface area contributed by atoms with Crippen LogP contribution in [0.3, 0.4) is 0 Å². The Morgan fingerprint density at radius 1 is 0.538 bits per heavy atom. The van der Waals surface area contributed by atoms with Gasteiger partial charge in [0.1, 0.15) is 0 Å². The fourth-order valence-corrected chi connectivity index (χ4v) is 0.642. The summed E-state index contributed by atoms with van der Waals surface area (Å²) in [5.41, 5.74) is 0. The van der Waals surface area contributed by atoms with E-state index in [1.54, 1.807) is 0 Å². The first-order chi connectivity index (χ1) is 5.00. The quantitative estimate of drug-likeness (QED) is 0.490. The molecule has 0 aromatic heterocycles. The zero-order chi connectivity index (χ0) is 7.07. The molecule has 8 radical (unpaired) electrons. The third-order valence-electron chi connectivity index (χ3n) is 1.11. The van der Waals surface area contributed by atoms with Crippen LogP contribution in [-0.4, -0.2) is 16.8 Å². The maximum Gasteiger partial charge on any atom is 4.00 e. The minimum absolute atomic E-state index is 0.